The molecule has 1 saturated heterocycles. The average Bonchev–Trinajstić information content (AvgIpc) is 3.07. The molecule has 1 fully saturated rings. The first-order valence-corrected chi connectivity index (χ1v) is 10.2. The van der Waals surface area contributed by atoms with Crippen molar-refractivity contribution in [1.29, 1.82) is 5.26 Å². The molecule has 6 nitrogen and oxygen atoms in total. The van der Waals surface area contributed by atoms with Gasteiger partial charge in [-0.05, 0) is 42.8 Å². The van der Waals surface area contributed by atoms with Gasteiger partial charge in [0.15, 0.2) is 0 Å². The maximum atomic E-state index is 12.7. The summed E-state index contributed by atoms with van der Waals surface area (Å²) in [6.45, 7) is 4.28. The third-order valence-corrected chi connectivity index (χ3v) is 5.47. The Morgan fingerprint density at radius 3 is 2.70 bits per heavy atom. The van der Waals surface area contributed by atoms with E-state index in [1.807, 2.05) is 49.4 Å². The molecule has 30 heavy (non-hydrogen) atoms. The van der Waals surface area contributed by atoms with Gasteiger partial charge in [0.2, 0.25) is 5.91 Å². The van der Waals surface area contributed by atoms with Crippen molar-refractivity contribution in [2.75, 3.05) is 24.5 Å². The van der Waals surface area contributed by atoms with Crippen LogP contribution in [0, 0.1) is 18.3 Å². The molecule has 0 unspecified atom stereocenters. The van der Waals surface area contributed by atoms with Crippen molar-refractivity contribution >= 4 is 23.2 Å². The number of nitriles is 1. The van der Waals surface area contributed by atoms with Crippen LogP contribution in [0.3, 0.4) is 0 Å². The van der Waals surface area contributed by atoms with Crippen LogP contribution in [0.15, 0.2) is 48.5 Å². The highest BCUT2D eigenvalue weighted by Crippen LogP contribution is 2.22. The molecule has 2 aromatic carbocycles. The molecule has 1 aromatic heterocycles. The lowest BCUT2D eigenvalue weighted by molar-refractivity contribution is -0.121. The topological polar surface area (TPSA) is 76.0 Å². The van der Waals surface area contributed by atoms with Gasteiger partial charge in [0.05, 0.1) is 23.9 Å². The molecule has 1 amide bonds. The van der Waals surface area contributed by atoms with E-state index < -0.39 is 0 Å². The highest BCUT2D eigenvalue weighted by Gasteiger charge is 2.26. The summed E-state index contributed by atoms with van der Waals surface area (Å²) in [5.74, 6) is 0.918. The summed E-state index contributed by atoms with van der Waals surface area (Å²) in [6.07, 6.45) is 0.707. The predicted molar refractivity (Wildman–Crippen MR) is 116 cm³/mol. The van der Waals surface area contributed by atoms with Crippen molar-refractivity contribution in [2.24, 2.45) is 0 Å². The molecule has 7 heteroatoms. The molecule has 0 aliphatic carbocycles. The number of nitrogens with zero attached hydrogens (tertiary/aromatic N) is 4. The number of nitrogens with one attached hydrogen (secondary N) is 1. The first kappa shape index (κ1) is 20.1. The standard InChI is InChI=1S/C23H22ClN5O/c1-16-26-21(11-17-5-7-18(13-25)8-6-17)22(27-16)14-28-9-10-29(23(30)15-28)20-4-2-3-19(24)12-20/h2-8,12H,9-11,14-15H2,1H3,(H,26,27). The minimum atomic E-state index is 0.0596. The molecule has 0 bridgehead atoms. The molecule has 1 aliphatic rings. The van der Waals surface area contributed by atoms with E-state index in [2.05, 4.69) is 20.9 Å². The van der Waals surface area contributed by atoms with Gasteiger partial charge >= 0.3 is 0 Å². The number of aromatic nitrogens is 2. The molecule has 1 aliphatic heterocycles. The van der Waals surface area contributed by atoms with E-state index in [0.29, 0.717) is 36.6 Å². The van der Waals surface area contributed by atoms with Crippen LogP contribution in [0.4, 0.5) is 5.69 Å². The first-order valence-electron chi connectivity index (χ1n) is 9.83. The Morgan fingerprint density at radius 2 is 2.00 bits per heavy atom. The van der Waals surface area contributed by atoms with E-state index >= 15 is 0 Å². The maximum absolute atomic E-state index is 12.7. The fourth-order valence-electron chi connectivity index (χ4n) is 3.75. The SMILES string of the molecule is Cc1nc(CN2CCN(c3cccc(Cl)c3)C(=O)C2)c(Cc2ccc(C#N)cc2)[nH]1. The van der Waals surface area contributed by atoms with E-state index in [1.54, 1.807) is 11.0 Å². The van der Waals surface area contributed by atoms with Gasteiger partial charge in [-0.2, -0.15) is 5.26 Å². The summed E-state index contributed by atoms with van der Waals surface area (Å²) in [5, 5.41) is 9.59. The lowest BCUT2D eigenvalue weighted by Crippen LogP contribution is -2.50. The van der Waals surface area contributed by atoms with Crippen LogP contribution in [0.1, 0.15) is 28.3 Å². The summed E-state index contributed by atoms with van der Waals surface area (Å²) >= 11 is 6.07. The third kappa shape index (κ3) is 4.54. The first-order chi connectivity index (χ1) is 14.5. The molecule has 0 atom stereocenters. The maximum Gasteiger partial charge on any atom is 0.241 e. The Kier molecular flexibility index (Phi) is 5.84. The molecule has 0 spiro atoms. The zero-order chi connectivity index (χ0) is 21.1. The van der Waals surface area contributed by atoms with Gasteiger partial charge in [0, 0.05) is 42.5 Å². The number of hydrogen-bond acceptors (Lipinski definition) is 4. The Bertz CT molecular complexity index is 1100. The van der Waals surface area contributed by atoms with Gasteiger partial charge in [0.1, 0.15) is 5.82 Å². The minimum Gasteiger partial charge on any atom is -0.346 e. The lowest BCUT2D eigenvalue weighted by atomic mass is 10.1. The second-order valence-corrected chi connectivity index (χ2v) is 7.91. The molecule has 0 radical (unpaired) electrons. The Balaban J connectivity index is 1.44. The van der Waals surface area contributed by atoms with Crippen molar-refractivity contribution < 1.29 is 4.79 Å². The van der Waals surface area contributed by atoms with Crippen LogP contribution in [-0.4, -0.2) is 40.4 Å². The molecule has 2 heterocycles. The van der Waals surface area contributed by atoms with Gasteiger partial charge in [-0.1, -0.05) is 29.8 Å². The summed E-state index contributed by atoms with van der Waals surface area (Å²) < 4.78 is 0. The van der Waals surface area contributed by atoms with E-state index in [9.17, 15) is 4.79 Å². The van der Waals surface area contributed by atoms with E-state index in [1.165, 1.54) is 0 Å². The molecule has 1 N–H and O–H groups in total. The molecule has 4 rings (SSSR count). The van der Waals surface area contributed by atoms with Crippen LogP contribution in [-0.2, 0) is 17.8 Å². The number of carbonyl (C=O) groups is 1. The lowest BCUT2D eigenvalue weighted by Gasteiger charge is -2.34. The molecule has 3 aromatic rings. The highest BCUT2D eigenvalue weighted by atomic mass is 35.5. The van der Waals surface area contributed by atoms with Gasteiger partial charge in [-0.3, -0.25) is 9.69 Å². The van der Waals surface area contributed by atoms with Crippen LogP contribution in [0.5, 0.6) is 0 Å². The van der Waals surface area contributed by atoms with Crippen LogP contribution in [0.2, 0.25) is 5.02 Å². The number of amides is 1. The van der Waals surface area contributed by atoms with Crippen molar-refractivity contribution in [2.45, 2.75) is 19.9 Å². The molecule has 152 valence electrons. The number of piperazine rings is 1. The number of hydrogen-bond donors (Lipinski definition) is 1. The Morgan fingerprint density at radius 1 is 1.20 bits per heavy atom. The van der Waals surface area contributed by atoms with Gasteiger partial charge in [0.25, 0.3) is 0 Å². The number of benzene rings is 2. The molecule has 0 saturated carbocycles. The second-order valence-electron chi connectivity index (χ2n) is 7.47. The van der Waals surface area contributed by atoms with E-state index in [0.717, 1.165) is 35.0 Å². The number of rotatable bonds is 5. The van der Waals surface area contributed by atoms with Gasteiger partial charge in [-0.25, -0.2) is 4.98 Å². The second kappa shape index (κ2) is 8.70. The van der Waals surface area contributed by atoms with Crippen molar-refractivity contribution in [3.63, 3.8) is 0 Å². The fraction of sp³-hybridized carbons (Fsp3) is 0.261. The smallest absolute Gasteiger partial charge is 0.241 e. The average molecular weight is 420 g/mol. The quantitative estimate of drug-likeness (QED) is 0.684. The van der Waals surface area contributed by atoms with Crippen molar-refractivity contribution in [1.82, 2.24) is 14.9 Å². The van der Waals surface area contributed by atoms with E-state index in [-0.39, 0.29) is 5.91 Å². The Labute approximate surface area is 180 Å². The number of imidazole rings is 1. The number of aromatic amines is 1. The Hall–Kier alpha value is -3.14. The number of H-pyrrole nitrogens is 1. The van der Waals surface area contributed by atoms with Crippen molar-refractivity contribution in [3.8, 4) is 6.07 Å². The van der Waals surface area contributed by atoms with Gasteiger partial charge in [-0.15, -0.1) is 0 Å². The third-order valence-electron chi connectivity index (χ3n) is 5.24. The predicted octanol–water partition coefficient (Wildman–Crippen LogP) is 3.68. The van der Waals surface area contributed by atoms with Crippen molar-refractivity contribution in [3.05, 3.63) is 81.9 Å². The zero-order valence-electron chi connectivity index (χ0n) is 16.7. The minimum absolute atomic E-state index is 0.0596. The largest absolute Gasteiger partial charge is 0.346 e. The van der Waals surface area contributed by atoms with E-state index in [4.69, 9.17) is 16.9 Å². The summed E-state index contributed by atoms with van der Waals surface area (Å²) in [7, 11) is 0. The summed E-state index contributed by atoms with van der Waals surface area (Å²) in [5.41, 5.74) is 4.60. The summed E-state index contributed by atoms with van der Waals surface area (Å²) in [4.78, 5) is 24.7. The zero-order valence-corrected chi connectivity index (χ0v) is 17.5. The molecular weight excluding hydrogens is 398 g/mol. The number of aryl methyl sites for hydroxylation is 1. The van der Waals surface area contributed by atoms with Gasteiger partial charge < -0.3 is 9.88 Å². The highest BCUT2D eigenvalue weighted by molar-refractivity contribution is 6.30. The normalized spacial score (nSPS) is 14.7. The van der Waals surface area contributed by atoms with Crippen LogP contribution >= 0.6 is 11.6 Å². The number of carbonyl (C=O) groups excluding carboxylic acids is 1. The number of halogens is 1. The summed E-state index contributed by atoms with van der Waals surface area (Å²) in [6, 6.07) is 17.1. The number of anilines is 1. The molecular formula is C23H22ClN5O. The van der Waals surface area contributed by atoms with Crippen LogP contribution in [0.25, 0.3) is 0 Å². The monoisotopic (exact) mass is 419 g/mol. The van der Waals surface area contributed by atoms with Crippen LogP contribution < -0.4 is 4.90 Å². The fourth-order valence-corrected chi connectivity index (χ4v) is 3.94.